The topological polar surface area (TPSA) is 98.6 Å². The quantitative estimate of drug-likeness (QED) is 0.126. The summed E-state index contributed by atoms with van der Waals surface area (Å²) < 4.78 is 38.4. The Labute approximate surface area is 260 Å². The molecule has 1 aliphatic rings. The fourth-order valence-corrected chi connectivity index (χ4v) is 7.18. The molecule has 3 heterocycles. The Balaban J connectivity index is 1.19. The van der Waals surface area contributed by atoms with E-state index in [9.17, 15) is 8.42 Å². The van der Waals surface area contributed by atoms with Gasteiger partial charge in [0.15, 0.2) is 11.6 Å². The van der Waals surface area contributed by atoms with Gasteiger partial charge in [-0.3, -0.25) is 4.18 Å². The van der Waals surface area contributed by atoms with Crippen LogP contribution in [-0.4, -0.2) is 45.5 Å². The van der Waals surface area contributed by atoms with Gasteiger partial charge in [0.2, 0.25) is 0 Å². The standard InChI is InChI=1S/C33H33N5O4S2/c1-25-19-28(36-33-32-30(34-24-35-33)15-16-37(32)17-18-41-44(2,39)40)13-14-31(25)42-29-21-38(20-26-9-5-3-6-10-26)43(23-29)22-27-11-7-4-8-12-27/h3-16,19,21,23-24H,17-18,20,22H2,1-2H3,(H,34,35,36). The zero-order chi connectivity index (χ0) is 30.5. The number of nitrogens with zero attached hydrogens (tertiary/aromatic N) is 4. The molecule has 0 radical (unpaired) electrons. The normalized spacial score (nSPS) is 14.8. The fraction of sp³-hybridized carbons (Fsp3) is 0.182. The van der Waals surface area contributed by atoms with Crippen molar-refractivity contribution in [2.75, 3.05) is 18.2 Å². The van der Waals surface area contributed by atoms with Crippen molar-refractivity contribution in [3.63, 3.8) is 0 Å². The van der Waals surface area contributed by atoms with Crippen LogP contribution in [0.15, 0.2) is 109 Å². The van der Waals surface area contributed by atoms with Crippen LogP contribution in [0.25, 0.3) is 11.0 Å². The summed E-state index contributed by atoms with van der Waals surface area (Å²) in [6.45, 7) is 3.17. The van der Waals surface area contributed by atoms with E-state index in [0.29, 0.717) is 12.4 Å². The van der Waals surface area contributed by atoms with Gasteiger partial charge in [-0.1, -0.05) is 71.3 Å². The predicted octanol–water partition coefficient (Wildman–Crippen LogP) is 6.38. The van der Waals surface area contributed by atoms with Crippen molar-refractivity contribution in [3.8, 4) is 5.75 Å². The van der Waals surface area contributed by atoms with E-state index in [1.165, 1.54) is 17.5 Å². The van der Waals surface area contributed by atoms with Crippen molar-refractivity contribution >= 4 is 48.7 Å². The lowest BCUT2D eigenvalue weighted by molar-refractivity contribution is 0.306. The molecule has 1 unspecified atom stereocenters. The van der Waals surface area contributed by atoms with Gasteiger partial charge in [0.25, 0.3) is 10.1 Å². The monoisotopic (exact) mass is 627 g/mol. The van der Waals surface area contributed by atoms with Crippen LogP contribution in [0.4, 0.5) is 11.5 Å². The van der Waals surface area contributed by atoms with Crippen molar-refractivity contribution in [2.24, 2.45) is 0 Å². The Kier molecular flexibility index (Phi) is 8.78. The molecule has 0 saturated carbocycles. The number of ether oxygens (including phenoxy) is 1. The lowest BCUT2D eigenvalue weighted by atomic mass is 10.2. The predicted molar refractivity (Wildman–Crippen MR) is 177 cm³/mol. The highest BCUT2D eigenvalue weighted by Crippen LogP contribution is 2.35. The highest BCUT2D eigenvalue weighted by molar-refractivity contribution is 8.12. The zero-order valence-electron chi connectivity index (χ0n) is 24.5. The van der Waals surface area contributed by atoms with E-state index in [1.54, 1.807) is 0 Å². The van der Waals surface area contributed by atoms with Crippen molar-refractivity contribution in [2.45, 2.75) is 25.8 Å². The molecule has 6 rings (SSSR count). The first-order valence-corrected chi connectivity index (χ1v) is 17.3. The molecule has 5 aromatic rings. The molecule has 0 amide bonds. The molecule has 44 heavy (non-hydrogen) atoms. The number of fused-ring (bicyclic) bond motifs is 1. The van der Waals surface area contributed by atoms with Gasteiger partial charge in [-0.2, -0.15) is 8.42 Å². The summed E-state index contributed by atoms with van der Waals surface area (Å²) in [6.07, 6.45) is 6.50. The first-order chi connectivity index (χ1) is 21.3. The Morgan fingerprint density at radius 2 is 1.68 bits per heavy atom. The van der Waals surface area contributed by atoms with Crippen LogP contribution in [0.1, 0.15) is 16.7 Å². The molecule has 3 aromatic carbocycles. The number of rotatable bonds is 12. The molecule has 0 saturated heterocycles. The number of aryl methyl sites for hydroxylation is 1. The van der Waals surface area contributed by atoms with Gasteiger partial charge >= 0.3 is 0 Å². The van der Waals surface area contributed by atoms with Crippen molar-refractivity contribution < 1.29 is 17.3 Å². The first-order valence-electron chi connectivity index (χ1n) is 14.1. The summed E-state index contributed by atoms with van der Waals surface area (Å²) in [5.41, 5.74) is 5.86. The molecule has 11 heteroatoms. The highest BCUT2D eigenvalue weighted by Gasteiger charge is 2.18. The number of anilines is 2. The molecule has 1 aliphatic heterocycles. The highest BCUT2D eigenvalue weighted by atomic mass is 32.2. The Hall–Kier alpha value is -4.45. The summed E-state index contributed by atoms with van der Waals surface area (Å²) in [7, 11) is -3.68. The molecule has 1 atom stereocenters. The number of allylic oxidation sites excluding steroid dienone is 1. The van der Waals surface area contributed by atoms with Gasteiger partial charge in [0.1, 0.15) is 17.6 Å². The van der Waals surface area contributed by atoms with Crippen LogP contribution in [0, 0.1) is 6.92 Å². The minimum atomic E-state index is -3.52. The lowest BCUT2D eigenvalue weighted by Gasteiger charge is -2.21. The van der Waals surface area contributed by atoms with Gasteiger partial charge in [0, 0.05) is 29.5 Å². The summed E-state index contributed by atoms with van der Waals surface area (Å²) in [6, 6.07) is 28.8. The van der Waals surface area contributed by atoms with E-state index in [0.717, 1.165) is 52.3 Å². The molecular formula is C33H33N5O4S2. The average molecular weight is 628 g/mol. The van der Waals surface area contributed by atoms with Gasteiger partial charge in [-0.15, -0.1) is 0 Å². The molecule has 1 N–H and O–H groups in total. The largest absolute Gasteiger partial charge is 0.455 e. The minimum Gasteiger partial charge on any atom is -0.455 e. The van der Waals surface area contributed by atoms with Crippen LogP contribution in [-0.2, 0) is 33.1 Å². The summed E-state index contributed by atoms with van der Waals surface area (Å²) >= 11 is 0. The number of aromatic nitrogens is 3. The molecule has 0 aliphatic carbocycles. The number of hydrogen-bond acceptors (Lipinski definition) is 8. The smallest absolute Gasteiger partial charge is 0.264 e. The first kappa shape index (κ1) is 29.6. The molecular weight excluding hydrogens is 595 g/mol. The third kappa shape index (κ3) is 7.36. The van der Waals surface area contributed by atoms with Gasteiger partial charge in [0.05, 0.1) is 31.1 Å². The van der Waals surface area contributed by atoms with E-state index in [4.69, 9.17) is 8.92 Å². The van der Waals surface area contributed by atoms with Crippen LogP contribution >= 0.6 is 10.7 Å². The molecule has 0 spiro atoms. The van der Waals surface area contributed by atoms with Gasteiger partial charge in [-0.25, -0.2) is 9.97 Å². The summed E-state index contributed by atoms with van der Waals surface area (Å²) in [5.74, 6) is 3.13. The van der Waals surface area contributed by atoms with Gasteiger partial charge < -0.3 is 18.9 Å². The Morgan fingerprint density at radius 3 is 2.41 bits per heavy atom. The average Bonchev–Trinajstić information content (AvgIpc) is 3.59. The SMILES string of the molecule is Cc1cc(Nc2ncnc3ccn(CCOS(C)(=O)=O)c23)ccc1OC1=CN(Cc2ccccc2)S(Cc2ccccc2)=C1. The molecule has 2 aromatic heterocycles. The molecule has 0 bridgehead atoms. The maximum atomic E-state index is 11.4. The second-order valence-electron chi connectivity index (χ2n) is 10.4. The van der Waals surface area contributed by atoms with Crippen molar-refractivity contribution in [1.29, 1.82) is 0 Å². The maximum absolute atomic E-state index is 11.4. The third-order valence-corrected chi connectivity index (χ3v) is 9.57. The minimum absolute atomic E-state index is 0.0184. The van der Waals surface area contributed by atoms with E-state index in [2.05, 4.69) is 79.7 Å². The summed E-state index contributed by atoms with van der Waals surface area (Å²) in [5, 5.41) is 5.62. The molecule has 9 nitrogen and oxygen atoms in total. The van der Waals surface area contributed by atoms with E-state index in [1.807, 2.05) is 54.1 Å². The van der Waals surface area contributed by atoms with Crippen LogP contribution in [0.2, 0.25) is 0 Å². The number of hydrogen-bond donors (Lipinski definition) is 1. The van der Waals surface area contributed by atoms with Crippen LogP contribution in [0.5, 0.6) is 5.75 Å². The second-order valence-corrected chi connectivity index (χ2v) is 13.9. The van der Waals surface area contributed by atoms with Gasteiger partial charge in [-0.05, 0) is 47.9 Å². The Bertz CT molecular complexity index is 1940. The number of benzene rings is 3. The van der Waals surface area contributed by atoms with Crippen LogP contribution in [0.3, 0.4) is 0 Å². The van der Waals surface area contributed by atoms with E-state index < -0.39 is 10.1 Å². The van der Waals surface area contributed by atoms with Crippen LogP contribution < -0.4 is 10.1 Å². The fourth-order valence-electron chi connectivity index (χ4n) is 4.96. The van der Waals surface area contributed by atoms with Crippen molar-refractivity contribution in [3.05, 3.63) is 126 Å². The van der Waals surface area contributed by atoms with Crippen molar-refractivity contribution in [1.82, 2.24) is 18.8 Å². The second kappa shape index (κ2) is 13.0. The zero-order valence-corrected chi connectivity index (χ0v) is 26.1. The maximum Gasteiger partial charge on any atom is 0.264 e. The molecule has 0 fully saturated rings. The number of nitrogens with one attached hydrogen (secondary N) is 1. The van der Waals surface area contributed by atoms with E-state index in [-0.39, 0.29) is 17.3 Å². The van der Waals surface area contributed by atoms with E-state index >= 15 is 0 Å². The summed E-state index contributed by atoms with van der Waals surface area (Å²) in [4.78, 5) is 8.81. The lowest BCUT2D eigenvalue weighted by Crippen LogP contribution is -2.10. The molecule has 226 valence electrons. The third-order valence-electron chi connectivity index (χ3n) is 7.01. The Morgan fingerprint density at radius 1 is 0.932 bits per heavy atom.